The molecule has 0 saturated carbocycles. The average Bonchev–Trinajstić information content (AvgIpc) is 2.15. The molecule has 3 nitrogen and oxygen atoms in total. The molecular formula is C9H7N2O. The summed E-state index contributed by atoms with van der Waals surface area (Å²) in [6.07, 6.45) is 0.620. The fourth-order valence-corrected chi connectivity index (χ4v) is 0.818. The van der Waals surface area contributed by atoms with Gasteiger partial charge in [0.2, 0.25) is 6.41 Å². The zero-order valence-corrected chi connectivity index (χ0v) is 6.40. The summed E-state index contributed by atoms with van der Waals surface area (Å²) in [5.74, 6) is 0. The molecule has 0 N–H and O–H groups in total. The number of nitrogens with zero attached hydrogens (tertiary/aromatic N) is 2. The van der Waals surface area contributed by atoms with Crippen molar-refractivity contribution in [2.45, 2.75) is 0 Å². The second-order valence-corrected chi connectivity index (χ2v) is 2.14. The molecule has 59 valence electrons. The maximum absolute atomic E-state index is 10.5. The molecule has 0 atom stereocenters. The highest BCUT2D eigenvalue weighted by Crippen LogP contribution is 2.08. The van der Waals surface area contributed by atoms with E-state index in [9.17, 15) is 4.79 Å². The molecule has 1 aromatic rings. The molecule has 0 aliphatic rings. The molecule has 1 aromatic carbocycles. The molecule has 0 aromatic heterocycles. The molecule has 0 spiro atoms. The monoisotopic (exact) mass is 159 g/mol. The van der Waals surface area contributed by atoms with E-state index in [4.69, 9.17) is 5.26 Å². The number of carbonyl (C=O) groups is 1. The number of anilines is 1. The average molecular weight is 159 g/mol. The van der Waals surface area contributed by atoms with Crippen LogP contribution in [0, 0.1) is 17.4 Å². The quantitative estimate of drug-likeness (QED) is 0.487. The molecule has 3 heteroatoms. The van der Waals surface area contributed by atoms with Crippen molar-refractivity contribution in [2.24, 2.45) is 0 Å². The third-order valence-corrected chi connectivity index (χ3v) is 1.37. The highest BCUT2D eigenvalue weighted by atomic mass is 16.1. The summed E-state index contributed by atoms with van der Waals surface area (Å²) < 4.78 is 0. The van der Waals surface area contributed by atoms with Gasteiger partial charge in [-0.25, -0.2) is 0 Å². The first-order valence-corrected chi connectivity index (χ1v) is 3.44. The third kappa shape index (κ3) is 1.83. The van der Waals surface area contributed by atoms with E-state index in [1.54, 1.807) is 24.3 Å². The second kappa shape index (κ2) is 4.14. The number of para-hydroxylation sites is 1. The van der Waals surface area contributed by atoms with Gasteiger partial charge < -0.3 is 4.90 Å². The predicted molar refractivity (Wildman–Crippen MR) is 44.3 cm³/mol. The van der Waals surface area contributed by atoms with Gasteiger partial charge in [-0.3, -0.25) is 4.79 Å². The summed E-state index contributed by atoms with van der Waals surface area (Å²) in [7, 11) is 0. The third-order valence-electron chi connectivity index (χ3n) is 1.37. The minimum Gasteiger partial charge on any atom is -0.301 e. The lowest BCUT2D eigenvalue weighted by molar-refractivity contribution is -0.107. The number of benzene rings is 1. The van der Waals surface area contributed by atoms with E-state index < -0.39 is 0 Å². The van der Waals surface area contributed by atoms with Crippen molar-refractivity contribution in [1.82, 2.24) is 0 Å². The van der Waals surface area contributed by atoms with Crippen molar-refractivity contribution >= 4 is 12.1 Å². The van der Waals surface area contributed by atoms with E-state index in [0.717, 1.165) is 0 Å². The Labute approximate surface area is 70.8 Å². The zero-order valence-electron chi connectivity index (χ0n) is 6.40. The van der Waals surface area contributed by atoms with Crippen molar-refractivity contribution in [1.29, 1.82) is 5.26 Å². The van der Waals surface area contributed by atoms with Crippen LogP contribution in [-0.4, -0.2) is 13.0 Å². The largest absolute Gasteiger partial charge is 0.301 e. The summed E-state index contributed by atoms with van der Waals surface area (Å²) in [6, 6.07) is 11.8. The van der Waals surface area contributed by atoms with E-state index in [1.165, 1.54) is 4.90 Å². The summed E-state index contributed by atoms with van der Waals surface area (Å²) in [5, 5.41) is 8.36. The first kappa shape index (κ1) is 8.28. The summed E-state index contributed by atoms with van der Waals surface area (Å²) in [4.78, 5) is 11.7. The molecular weight excluding hydrogens is 152 g/mol. The van der Waals surface area contributed by atoms with Crippen LogP contribution < -0.4 is 4.90 Å². The molecule has 0 heterocycles. The first-order chi connectivity index (χ1) is 5.88. The van der Waals surface area contributed by atoms with Gasteiger partial charge in [0.1, 0.15) is 6.54 Å². The molecule has 0 unspecified atom stereocenters. The summed E-state index contributed by atoms with van der Waals surface area (Å²) in [6.45, 7) is 0.0595. The fourth-order valence-electron chi connectivity index (χ4n) is 0.818. The topological polar surface area (TPSA) is 44.1 Å². The molecule has 12 heavy (non-hydrogen) atoms. The van der Waals surface area contributed by atoms with Gasteiger partial charge in [-0.05, 0) is 6.07 Å². The Balaban J connectivity index is 2.81. The Bertz CT molecular complexity index is 289. The lowest BCUT2D eigenvalue weighted by Crippen LogP contribution is -2.20. The Kier molecular flexibility index (Phi) is 2.86. The number of rotatable bonds is 3. The van der Waals surface area contributed by atoms with Gasteiger partial charge in [0, 0.05) is 6.07 Å². The standard InChI is InChI=1S/C9H7N2O/c10-6-7-11(8-12)9-4-2-1-3-5-9/h1-4,8H,7H2. The maximum atomic E-state index is 10.5. The minimum absolute atomic E-state index is 0.0595. The highest BCUT2D eigenvalue weighted by Gasteiger charge is 2.01. The van der Waals surface area contributed by atoms with E-state index in [0.29, 0.717) is 12.1 Å². The molecule has 0 bridgehead atoms. The van der Waals surface area contributed by atoms with Gasteiger partial charge in [-0.15, -0.1) is 0 Å². The lowest BCUT2D eigenvalue weighted by Gasteiger charge is -2.11. The number of hydrogen-bond acceptors (Lipinski definition) is 2. The second-order valence-electron chi connectivity index (χ2n) is 2.14. The van der Waals surface area contributed by atoms with Gasteiger partial charge in [0.15, 0.2) is 0 Å². The van der Waals surface area contributed by atoms with Gasteiger partial charge >= 0.3 is 0 Å². The normalized spacial score (nSPS) is 8.58. The molecule has 0 fully saturated rings. The minimum atomic E-state index is 0.0595. The van der Waals surface area contributed by atoms with Crippen LogP contribution in [0.2, 0.25) is 0 Å². The Hall–Kier alpha value is -1.82. The Morgan fingerprint density at radius 3 is 3.00 bits per heavy atom. The van der Waals surface area contributed by atoms with Gasteiger partial charge in [-0.1, -0.05) is 18.2 Å². The van der Waals surface area contributed by atoms with E-state index in [2.05, 4.69) is 6.07 Å². The SMILES string of the molecule is N#CCN(C=O)c1[c]cccc1. The van der Waals surface area contributed by atoms with E-state index >= 15 is 0 Å². The number of amides is 1. The smallest absolute Gasteiger partial charge is 0.215 e. The van der Waals surface area contributed by atoms with Crippen LogP contribution >= 0.6 is 0 Å². The van der Waals surface area contributed by atoms with Gasteiger partial charge in [0.05, 0.1) is 11.8 Å². The van der Waals surface area contributed by atoms with Crippen LogP contribution in [0.25, 0.3) is 0 Å². The van der Waals surface area contributed by atoms with Crippen molar-refractivity contribution < 1.29 is 4.79 Å². The molecule has 1 rings (SSSR count). The molecule has 0 aliphatic heterocycles. The summed E-state index contributed by atoms with van der Waals surface area (Å²) >= 11 is 0. The van der Waals surface area contributed by atoms with Crippen molar-refractivity contribution in [3.8, 4) is 6.07 Å². The van der Waals surface area contributed by atoms with Crippen LogP contribution in [0.4, 0.5) is 5.69 Å². The van der Waals surface area contributed by atoms with Crippen LogP contribution in [0.15, 0.2) is 24.3 Å². The van der Waals surface area contributed by atoms with E-state index in [1.807, 2.05) is 6.07 Å². The molecule has 1 amide bonds. The summed E-state index contributed by atoms with van der Waals surface area (Å²) in [5.41, 5.74) is 0.619. The van der Waals surface area contributed by atoms with Crippen LogP contribution in [0.1, 0.15) is 0 Å². The number of nitriles is 1. The Morgan fingerprint density at radius 1 is 1.67 bits per heavy atom. The maximum Gasteiger partial charge on any atom is 0.215 e. The zero-order chi connectivity index (χ0) is 8.81. The molecule has 0 saturated heterocycles. The first-order valence-electron chi connectivity index (χ1n) is 3.44. The van der Waals surface area contributed by atoms with Gasteiger partial charge in [-0.2, -0.15) is 5.26 Å². The van der Waals surface area contributed by atoms with E-state index in [-0.39, 0.29) is 6.54 Å². The highest BCUT2D eigenvalue weighted by molar-refractivity contribution is 5.75. The van der Waals surface area contributed by atoms with Gasteiger partial charge in [0.25, 0.3) is 0 Å². The van der Waals surface area contributed by atoms with Crippen molar-refractivity contribution in [2.75, 3.05) is 11.4 Å². The fraction of sp³-hybridized carbons (Fsp3) is 0.111. The number of carbonyl (C=O) groups excluding carboxylic acids is 1. The van der Waals surface area contributed by atoms with Crippen molar-refractivity contribution in [3.05, 3.63) is 30.3 Å². The van der Waals surface area contributed by atoms with Crippen LogP contribution in [-0.2, 0) is 4.79 Å². The Morgan fingerprint density at radius 2 is 2.50 bits per heavy atom. The molecule has 0 aliphatic carbocycles. The molecule has 1 radical (unpaired) electrons. The number of hydrogen-bond donors (Lipinski definition) is 0. The predicted octanol–water partition coefficient (Wildman–Crippen LogP) is 0.973. The van der Waals surface area contributed by atoms with Crippen LogP contribution in [0.5, 0.6) is 0 Å². The van der Waals surface area contributed by atoms with Crippen molar-refractivity contribution in [3.63, 3.8) is 0 Å². The lowest BCUT2D eigenvalue weighted by atomic mass is 10.3. The van der Waals surface area contributed by atoms with Crippen LogP contribution in [0.3, 0.4) is 0 Å².